The Balaban J connectivity index is 2.03. The lowest BCUT2D eigenvalue weighted by Gasteiger charge is -2.06. The Morgan fingerprint density at radius 2 is 2.41 bits per heavy atom. The van der Waals surface area contributed by atoms with Gasteiger partial charge in [-0.25, -0.2) is 9.37 Å². The van der Waals surface area contributed by atoms with Crippen molar-refractivity contribution in [2.24, 2.45) is 0 Å². The molecule has 0 aromatic carbocycles. The molecule has 0 aliphatic rings. The van der Waals surface area contributed by atoms with E-state index in [1.165, 1.54) is 0 Å². The average molecular weight is 253 g/mol. The Hall–Kier alpha value is -1.69. The molecule has 4 nitrogen and oxygen atoms in total. The van der Waals surface area contributed by atoms with Crippen LogP contribution in [-0.2, 0) is 6.61 Å². The third-order valence-corrected chi connectivity index (χ3v) is 2.84. The van der Waals surface area contributed by atoms with Crippen molar-refractivity contribution in [2.75, 3.05) is 11.9 Å². The summed E-state index contributed by atoms with van der Waals surface area (Å²) in [5.74, 6) is -0.306. The molecule has 0 amide bonds. The Morgan fingerprint density at radius 1 is 1.53 bits per heavy atom. The maximum atomic E-state index is 13.2. The first-order valence-electron chi connectivity index (χ1n) is 5.21. The van der Waals surface area contributed by atoms with Gasteiger partial charge in [0.2, 0.25) is 0 Å². The smallest absolute Gasteiger partial charge is 0.318 e. The number of aromatic nitrogens is 2. The number of hydrogen-bond acceptors (Lipinski definition) is 5. The number of ether oxygens (including phenoxy) is 1. The van der Waals surface area contributed by atoms with E-state index < -0.39 is 5.82 Å². The first-order chi connectivity index (χ1) is 8.29. The minimum absolute atomic E-state index is 0.170. The van der Waals surface area contributed by atoms with E-state index in [1.807, 2.05) is 24.4 Å². The van der Waals surface area contributed by atoms with E-state index in [2.05, 4.69) is 15.3 Å². The van der Waals surface area contributed by atoms with Crippen molar-refractivity contribution < 1.29 is 9.13 Å². The molecular weight excluding hydrogens is 241 g/mol. The van der Waals surface area contributed by atoms with Crippen LogP contribution in [0.4, 0.5) is 10.2 Å². The molecule has 2 aromatic rings. The molecular formula is C11H12FN3OS. The highest BCUT2D eigenvalue weighted by molar-refractivity contribution is 7.09. The number of nitrogens with one attached hydrogen (secondary N) is 1. The predicted molar refractivity (Wildman–Crippen MR) is 64.8 cm³/mol. The minimum Gasteiger partial charge on any atom is -0.458 e. The molecule has 0 fully saturated rings. The fourth-order valence-electron chi connectivity index (χ4n) is 1.24. The molecule has 0 saturated carbocycles. The fraction of sp³-hybridized carbons (Fsp3) is 0.273. The van der Waals surface area contributed by atoms with Gasteiger partial charge >= 0.3 is 6.01 Å². The van der Waals surface area contributed by atoms with Crippen LogP contribution in [0.5, 0.6) is 6.01 Å². The Kier molecular flexibility index (Phi) is 3.87. The van der Waals surface area contributed by atoms with Crippen molar-refractivity contribution in [1.82, 2.24) is 9.97 Å². The van der Waals surface area contributed by atoms with Gasteiger partial charge in [0, 0.05) is 11.4 Å². The van der Waals surface area contributed by atoms with Gasteiger partial charge in [0.15, 0.2) is 11.6 Å². The zero-order chi connectivity index (χ0) is 12.1. The lowest BCUT2D eigenvalue weighted by atomic mass is 10.5. The monoisotopic (exact) mass is 253 g/mol. The average Bonchev–Trinajstić information content (AvgIpc) is 2.83. The van der Waals surface area contributed by atoms with Crippen LogP contribution in [-0.4, -0.2) is 16.5 Å². The maximum absolute atomic E-state index is 13.2. The van der Waals surface area contributed by atoms with E-state index >= 15 is 0 Å². The fourth-order valence-corrected chi connectivity index (χ4v) is 1.86. The van der Waals surface area contributed by atoms with Crippen molar-refractivity contribution in [1.29, 1.82) is 0 Å². The molecule has 0 aliphatic carbocycles. The lowest BCUT2D eigenvalue weighted by molar-refractivity contribution is 0.283. The van der Waals surface area contributed by atoms with Gasteiger partial charge in [-0.1, -0.05) is 6.07 Å². The van der Waals surface area contributed by atoms with Crippen molar-refractivity contribution in [3.8, 4) is 6.01 Å². The molecule has 0 radical (unpaired) electrons. The molecule has 0 unspecified atom stereocenters. The summed E-state index contributed by atoms with van der Waals surface area (Å²) in [5.41, 5.74) is 0. The van der Waals surface area contributed by atoms with Gasteiger partial charge in [-0.2, -0.15) is 4.98 Å². The normalized spacial score (nSPS) is 10.2. The second-order valence-electron chi connectivity index (χ2n) is 3.25. The van der Waals surface area contributed by atoms with E-state index in [-0.39, 0.29) is 11.8 Å². The summed E-state index contributed by atoms with van der Waals surface area (Å²) in [5, 5.41) is 4.77. The van der Waals surface area contributed by atoms with Crippen LogP contribution in [0.25, 0.3) is 0 Å². The van der Waals surface area contributed by atoms with Crippen LogP contribution in [0.1, 0.15) is 11.8 Å². The number of nitrogens with zero attached hydrogens (tertiary/aromatic N) is 2. The van der Waals surface area contributed by atoms with Gasteiger partial charge in [0.25, 0.3) is 0 Å². The van der Waals surface area contributed by atoms with E-state index in [4.69, 9.17) is 4.74 Å². The zero-order valence-electron chi connectivity index (χ0n) is 9.31. The summed E-state index contributed by atoms with van der Waals surface area (Å²) in [6.45, 7) is 2.86. The molecule has 17 heavy (non-hydrogen) atoms. The molecule has 0 atom stereocenters. The van der Waals surface area contributed by atoms with Crippen LogP contribution in [0.3, 0.4) is 0 Å². The first-order valence-corrected chi connectivity index (χ1v) is 6.09. The van der Waals surface area contributed by atoms with E-state index in [0.717, 1.165) is 11.1 Å². The minimum atomic E-state index is -0.477. The summed E-state index contributed by atoms with van der Waals surface area (Å²) >= 11 is 1.59. The van der Waals surface area contributed by atoms with Gasteiger partial charge < -0.3 is 10.1 Å². The zero-order valence-corrected chi connectivity index (χ0v) is 10.1. The highest BCUT2D eigenvalue weighted by atomic mass is 32.1. The first kappa shape index (κ1) is 11.8. The lowest BCUT2D eigenvalue weighted by Crippen LogP contribution is -2.05. The van der Waals surface area contributed by atoms with Crippen molar-refractivity contribution in [3.63, 3.8) is 0 Å². The number of hydrogen-bond donors (Lipinski definition) is 1. The summed E-state index contributed by atoms with van der Waals surface area (Å²) in [4.78, 5) is 8.80. The van der Waals surface area contributed by atoms with Gasteiger partial charge in [0.05, 0.1) is 6.20 Å². The van der Waals surface area contributed by atoms with Crippen LogP contribution < -0.4 is 10.1 Å². The van der Waals surface area contributed by atoms with Crippen molar-refractivity contribution >= 4 is 17.2 Å². The number of rotatable bonds is 5. The van der Waals surface area contributed by atoms with E-state index in [0.29, 0.717) is 13.2 Å². The summed E-state index contributed by atoms with van der Waals surface area (Å²) < 4.78 is 18.6. The molecule has 0 saturated heterocycles. The van der Waals surface area contributed by atoms with Gasteiger partial charge in [0.1, 0.15) is 6.61 Å². The summed E-state index contributed by atoms with van der Waals surface area (Å²) in [6.07, 6.45) is 1.11. The summed E-state index contributed by atoms with van der Waals surface area (Å²) in [6, 6.07) is 4.08. The molecule has 0 aliphatic heterocycles. The highest BCUT2D eigenvalue weighted by Crippen LogP contribution is 2.15. The standard InChI is InChI=1S/C11H12FN3OS/c1-2-13-10-9(12)6-14-11(15-10)16-7-8-4-3-5-17-8/h3-6H,2,7H2,1H3,(H,13,14,15). The van der Waals surface area contributed by atoms with Crippen LogP contribution in [0.2, 0.25) is 0 Å². The maximum Gasteiger partial charge on any atom is 0.318 e. The largest absolute Gasteiger partial charge is 0.458 e. The van der Waals surface area contributed by atoms with E-state index in [9.17, 15) is 4.39 Å². The molecule has 6 heteroatoms. The van der Waals surface area contributed by atoms with Crippen molar-refractivity contribution in [2.45, 2.75) is 13.5 Å². The third kappa shape index (κ3) is 3.13. The molecule has 0 spiro atoms. The topological polar surface area (TPSA) is 47.0 Å². The predicted octanol–water partition coefficient (Wildman–Crippen LogP) is 2.69. The van der Waals surface area contributed by atoms with Gasteiger partial charge in [-0.05, 0) is 18.4 Å². The molecule has 90 valence electrons. The third-order valence-electron chi connectivity index (χ3n) is 1.99. The molecule has 1 N–H and O–H groups in total. The Morgan fingerprint density at radius 3 is 3.12 bits per heavy atom. The van der Waals surface area contributed by atoms with Crippen LogP contribution >= 0.6 is 11.3 Å². The quantitative estimate of drug-likeness (QED) is 0.890. The molecule has 2 rings (SSSR count). The molecule has 2 aromatic heterocycles. The van der Waals surface area contributed by atoms with Crippen molar-refractivity contribution in [3.05, 3.63) is 34.4 Å². The second-order valence-corrected chi connectivity index (χ2v) is 4.28. The highest BCUT2D eigenvalue weighted by Gasteiger charge is 2.07. The molecule has 0 bridgehead atoms. The van der Waals surface area contributed by atoms with Crippen LogP contribution in [0, 0.1) is 5.82 Å². The van der Waals surface area contributed by atoms with Gasteiger partial charge in [-0.15, -0.1) is 11.3 Å². The Labute approximate surface area is 102 Å². The number of halogens is 1. The Bertz CT molecular complexity index is 476. The molecule has 2 heterocycles. The number of anilines is 1. The summed E-state index contributed by atoms with van der Waals surface area (Å²) in [7, 11) is 0. The number of thiophene rings is 1. The van der Waals surface area contributed by atoms with Crippen LogP contribution in [0.15, 0.2) is 23.7 Å². The van der Waals surface area contributed by atoms with E-state index in [1.54, 1.807) is 11.3 Å². The van der Waals surface area contributed by atoms with Gasteiger partial charge in [-0.3, -0.25) is 0 Å². The second kappa shape index (κ2) is 5.58. The SMILES string of the molecule is CCNc1nc(OCc2cccs2)ncc1F.